The Kier molecular flexibility index (Phi) is 38.0. The topological polar surface area (TPSA) is 203 Å². The zero-order valence-electron chi connectivity index (χ0n) is 36.3. The van der Waals surface area contributed by atoms with Gasteiger partial charge < -0.3 is 52.6 Å². The van der Waals surface area contributed by atoms with Crippen LogP contribution in [0.4, 0.5) is 105 Å². The standard InChI is InChI=1S/4C8H12F6NO.2Cu.2H2O/c4*1-5(2)3-15-4-6(16,7(9,10)11)8(12,13)14;;;;/h4*5,15H,3-4H2,1-2H3;;;2*1H2/q4*-1;2*+2;;. The second-order valence-corrected chi connectivity index (χ2v) is 15.4. The Morgan fingerprint density at radius 2 is 0.353 bits per heavy atom. The molecule has 426 valence electrons. The predicted octanol–water partition coefficient (Wildman–Crippen LogP) is 4.17. The van der Waals surface area contributed by atoms with Gasteiger partial charge in [-0.25, -0.2) is 0 Å². The van der Waals surface area contributed by atoms with E-state index in [2.05, 4.69) is 0 Å². The van der Waals surface area contributed by atoms with Gasteiger partial charge in [-0.3, -0.25) is 0 Å². The summed E-state index contributed by atoms with van der Waals surface area (Å²) in [5.41, 5.74) is -19.8. The van der Waals surface area contributed by atoms with Gasteiger partial charge in [0.05, 0.1) is 22.4 Å². The Morgan fingerprint density at radius 1 is 0.265 bits per heavy atom. The fraction of sp³-hybridized carbons (Fsp3) is 1.00. The van der Waals surface area contributed by atoms with Crippen LogP contribution < -0.4 is 41.7 Å². The fourth-order valence-electron chi connectivity index (χ4n) is 3.59. The first kappa shape index (κ1) is 83.8. The summed E-state index contributed by atoms with van der Waals surface area (Å²) in [4.78, 5) is 0. The third-order valence-corrected chi connectivity index (χ3v) is 7.37. The quantitative estimate of drug-likeness (QED) is 0.130. The van der Waals surface area contributed by atoms with Gasteiger partial charge in [0.2, 0.25) is 0 Å². The molecule has 8 N–H and O–H groups in total. The molecule has 0 aromatic rings. The van der Waals surface area contributed by atoms with Crippen LogP contribution in [0, 0.1) is 23.7 Å². The molecule has 0 aliphatic carbocycles. The molecule has 0 atom stereocenters. The summed E-state index contributed by atoms with van der Waals surface area (Å²) in [6.07, 6.45) is -46.9. The van der Waals surface area contributed by atoms with E-state index in [-0.39, 0.29) is 94.9 Å². The molecule has 0 aliphatic heterocycles. The van der Waals surface area contributed by atoms with Crippen LogP contribution >= 0.6 is 0 Å². The van der Waals surface area contributed by atoms with Gasteiger partial charge in [0.15, 0.2) is 0 Å². The Balaban J connectivity index is -0.000000115. The molecule has 0 aromatic heterocycles. The van der Waals surface area contributed by atoms with E-state index in [9.17, 15) is 126 Å². The number of hydrogen-bond donors (Lipinski definition) is 4. The van der Waals surface area contributed by atoms with Crippen molar-refractivity contribution in [3.05, 3.63) is 0 Å². The first-order valence-electron chi connectivity index (χ1n) is 17.8. The van der Waals surface area contributed by atoms with Gasteiger partial charge in [-0.15, -0.1) is 0 Å². The zero-order chi connectivity index (χ0) is 52.8. The molecule has 0 unspecified atom stereocenters. The number of nitrogens with one attached hydrogen (secondary N) is 4. The number of rotatable bonds is 16. The van der Waals surface area contributed by atoms with Crippen LogP contribution in [0.3, 0.4) is 0 Å². The molecule has 0 bridgehead atoms. The van der Waals surface area contributed by atoms with Gasteiger partial charge in [-0.2, -0.15) is 105 Å². The van der Waals surface area contributed by atoms with Crippen molar-refractivity contribution in [2.75, 3.05) is 52.4 Å². The third kappa shape index (κ3) is 27.1. The average molecular weight is 1170 g/mol. The molecule has 36 heteroatoms. The van der Waals surface area contributed by atoms with Crippen molar-refractivity contribution in [3.63, 3.8) is 0 Å². The first-order chi connectivity index (χ1) is 27.7. The Bertz CT molecular complexity index is 1040. The van der Waals surface area contributed by atoms with Gasteiger partial charge in [-0.1, -0.05) is 55.4 Å². The van der Waals surface area contributed by atoms with E-state index in [1.54, 1.807) is 55.4 Å². The van der Waals surface area contributed by atoms with Crippen LogP contribution in [-0.2, 0) is 34.1 Å². The molecule has 0 aromatic carbocycles. The van der Waals surface area contributed by atoms with Crippen molar-refractivity contribution in [1.82, 2.24) is 21.3 Å². The van der Waals surface area contributed by atoms with E-state index < -0.39 is 98.0 Å². The molecule has 0 fully saturated rings. The molecule has 68 heavy (non-hydrogen) atoms. The SMILES string of the molecule is CC(C)CNCC([O-])(C(F)(F)F)C(F)(F)F.CC(C)CNCC([O-])(C(F)(F)F)C(F)(F)F.CC(C)CNCC([O-])(C(F)(F)F)C(F)(F)F.CC(C)CNCC([O-])(C(F)(F)F)C(F)(F)F.O.O.[Cu+2].[Cu+2]. The average Bonchev–Trinajstić information content (AvgIpc) is 3.00. The number of hydrogen-bond acceptors (Lipinski definition) is 8. The zero-order valence-corrected chi connectivity index (χ0v) is 38.2. The molecule has 2 radical (unpaired) electrons. The minimum Gasteiger partial charge on any atom is -0.835 e. The minimum atomic E-state index is -5.87. The van der Waals surface area contributed by atoms with E-state index in [0.29, 0.717) is 0 Å². The Labute approximate surface area is 395 Å². The molecule has 0 spiro atoms. The maximum atomic E-state index is 12.1. The third-order valence-electron chi connectivity index (χ3n) is 7.37. The predicted molar refractivity (Wildman–Crippen MR) is 177 cm³/mol. The van der Waals surface area contributed by atoms with Crippen molar-refractivity contribution in [1.29, 1.82) is 0 Å². The van der Waals surface area contributed by atoms with E-state index in [0.717, 1.165) is 0 Å². The summed E-state index contributed by atoms with van der Waals surface area (Å²) in [7, 11) is 0. The van der Waals surface area contributed by atoms with Crippen LogP contribution in [0.15, 0.2) is 0 Å². The van der Waals surface area contributed by atoms with Crippen molar-refractivity contribution >= 4 is 0 Å². The number of halogens is 24. The molecule has 0 amide bonds. The summed E-state index contributed by atoms with van der Waals surface area (Å²) < 4.78 is 289. The molecule has 0 rings (SSSR count). The molecule has 0 saturated heterocycles. The van der Waals surface area contributed by atoms with Crippen LogP contribution in [0.2, 0.25) is 0 Å². The van der Waals surface area contributed by atoms with Crippen LogP contribution in [0.1, 0.15) is 55.4 Å². The molecule has 0 saturated carbocycles. The summed E-state index contributed by atoms with van der Waals surface area (Å²) in [6.45, 7) is 5.59. The maximum Gasteiger partial charge on any atom is 2.00 e. The van der Waals surface area contributed by atoms with Crippen molar-refractivity contribution < 1.29 is 171 Å². The Hall–Kier alpha value is -1.04. The maximum absolute atomic E-state index is 12.1. The summed E-state index contributed by atoms with van der Waals surface area (Å²) in [5.74, 6) is -0.590. The van der Waals surface area contributed by atoms with Gasteiger partial charge in [0.25, 0.3) is 0 Å². The van der Waals surface area contributed by atoms with Crippen molar-refractivity contribution in [2.45, 2.75) is 127 Å². The van der Waals surface area contributed by atoms with Crippen molar-refractivity contribution in [3.8, 4) is 0 Å². The smallest absolute Gasteiger partial charge is 0.835 e. The molecular formula is C32H52Cu2F24N4O6. The van der Waals surface area contributed by atoms with Crippen LogP contribution in [-0.4, -0.2) is 135 Å². The monoisotopic (exact) mass is 1170 g/mol. The van der Waals surface area contributed by atoms with E-state index >= 15 is 0 Å². The van der Waals surface area contributed by atoms with Crippen LogP contribution in [0.5, 0.6) is 0 Å². The largest absolute Gasteiger partial charge is 2.00 e. The second-order valence-electron chi connectivity index (χ2n) is 15.4. The van der Waals surface area contributed by atoms with Gasteiger partial charge in [0.1, 0.15) is 0 Å². The normalized spacial score (nSPS) is 13.8. The fourth-order valence-corrected chi connectivity index (χ4v) is 3.59. The number of alkyl halides is 24. The van der Waals surface area contributed by atoms with E-state index in [1.165, 1.54) is 0 Å². The molecule has 0 heterocycles. The first-order valence-corrected chi connectivity index (χ1v) is 17.8. The second kappa shape index (κ2) is 30.9. The molecule has 10 nitrogen and oxygen atoms in total. The van der Waals surface area contributed by atoms with E-state index in [1.807, 2.05) is 21.3 Å². The van der Waals surface area contributed by atoms with Crippen LogP contribution in [0.25, 0.3) is 0 Å². The molecule has 0 aliphatic rings. The molecular weight excluding hydrogens is 1120 g/mol. The van der Waals surface area contributed by atoms with Gasteiger partial charge in [-0.05, 0) is 49.9 Å². The van der Waals surface area contributed by atoms with E-state index in [4.69, 9.17) is 0 Å². The Morgan fingerprint density at radius 3 is 0.412 bits per heavy atom. The van der Waals surface area contributed by atoms with Gasteiger partial charge in [0, 0.05) is 26.2 Å². The summed E-state index contributed by atoms with van der Waals surface area (Å²) in [5, 5.41) is 50.8. The minimum absolute atomic E-state index is 0. The van der Waals surface area contributed by atoms with Crippen molar-refractivity contribution in [2.24, 2.45) is 23.7 Å². The summed E-state index contributed by atoms with van der Waals surface area (Å²) in [6, 6.07) is 0. The van der Waals surface area contributed by atoms with Gasteiger partial charge >= 0.3 is 83.5 Å². The summed E-state index contributed by atoms with van der Waals surface area (Å²) >= 11 is 0.